The van der Waals surface area contributed by atoms with Crippen molar-refractivity contribution in [3.63, 3.8) is 0 Å². The second kappa shape index (κ2) is 7.04. The van der Waals surface area contributed by atoms with Crippen LogP contribution in [-0.4, -0.2) is 19.9 Å². The smallest absolute Gasteiger partial charge is 0.188 e. The predicted octanol–water partition coefficient (Wildman–Crippen LogP) is 2.28. The largest absolute Gasteiger partial charge is 0.323 e. The van der Waals surface area contributed by atoms with E-state index in [0.29, 0.717) is 11.1 Å². The molecule has 2 heteroatoms. The number of benzene rings is 1. The summed E-state index contributed by atoms with van der Waals surface area (Å²) in [7, 11) is 3.75. The normalized spacial score (nSPS) is 8.50. The van der Waals surface area contributed by atoms with Crippen molar-refractivity contribution in [2.24, 2.45) is 0 Å². The quantitative estimate of drug-likeness (QED) is 0.574. The van der Waals surface area contributed by atoms with Crippen LogP contribution in [0.1, 0.15) is 17.3 Å². The Bertz CT molecular complexity index is 290. The second-order valence-corrected chi connectivity index (χ2v) is 2.98. The summed E-state index contributed by atoms with van der Waals surface area (Å²) in [6.07, 6.45) is 0. The number of nitrogens with one attached hydrogen (secondary N) is 1. The molecule has 0 radical (unpaired) electrons. The Morgan fingerprint density at radius 1 is 1.21 bits per heavy atom. The van der Waals surface area contributed by atoms with Gasteiger partial charge in [-0.05, 0) is 26.6 Å². The van der Waals surface area contributed by atoms with Gasteiger partial charge in [-0.25, -0.2) is 0 Å². The van der Waals surface area contributed by atoms with Crippen LogP contribution in [0.2, 0.25) is 0 Å². The lowest BCUT2D eigenvalue weighted by Crippen LogP contribution is -1.97. The maximum Gasteiger partial charge on any atom is 0.188 e. The summed E-state index contributed by atoms with van der Waals surface area (Å²) in [6.45, 7) is 5.30. The number of carbonyl (C=O) groups excluding carboxylic acids is 1. The van der Waals surface area contributed by atoms with Gasteiger partial charge in [-0.1, -0.05) is 36.9 Å². The molecule has 0 saturated carbocycles. The van der Waals surface area contributed by atoms with E-state index in [0.717, 1.165) is 0 Å². The Balaban J connectivity index is 0.000000500. The minimum Gasteiger partial charge on any atom is -0.323 e. The van der Waals surface area contributed by atoms with E-state index in [2.05, 4.69) is 11.9 Å². The zero-order chi connectivity index (χ0) is 11.0. The van der Waals surface area contributed by atoms with E-state index in [1.807, 2.05) is 32.3 Å². The Hall–Kier alpha value is -1.41. The van der Waals surface area contributed by atoms with Gasteiger partial charge in [0, 0.05) is 5.56 Å². The standard InChI is InChI=1S/C10H10O.C2H7N/c1-8(2)10(11)9-6-4-3-5-7-9;1-3-2/h3-7H,1H2,2H3;3H,1-2H3. The maximum absolute atomic E-state index is 11.2. The number of hydrogen-bond donors (Lipinski definition) is 1. The fourth-order valence-corrected chi connectivity index (χ4v) is 0.836. The molecule has 0 aliphatic carbocycles. The molecular weight excluding hydrogens is 174 g/mol. The third-order valence-corrected chi connectivity index (χ3v) is 1.42. The van der Waals surface area contributed by atoms with Gasteiger partial charge in [-0.15, -0.1) is 0 Å². The molecule has 0 unspecified atom stereocenters. The Morgan fingerprint density at radius 2 is 1.64 bits per heavy atom. The summed E-state index contributed by atoms with van der Waals surface area (Å²) in [5.41, 5.74) is 1.29. The van der Waals surface area contributed by atoms with Gasteiger partial charge in [0.1, 0.15) is 0 Å². The maximum atomic E-state index is 11.2. The first-order chi connectivity index (χ1) is 6.63. The van der Waals surface area contributed by atoms with Crippen molar-refractivity contribution in [1.29, 1.82) is 0 Å². The molecule has 0 heterocycles. The van der Waals surface area contributed by atoms with Crippen LogP contribution in [0.5, 0.6) is 0 Å². The SMILES string of the molecule is C=C(C)C(=O)c1ccccc1.CNC. The van der Waals surface area contributed by atoms with Crippen LogP contribution < -0.4 is 5.32 Å². The van der Waals surface area contributed by atoms with Gasteiger partial charge >= 0.3 is 0 Å². The lowest BCUT2D eigenvalue weighted by Gasteiger charge is -1.96. The lowest BCUT2D eigenvalue weighted by atomic mass is 10.1. The van der Waals surface area contributed by atoms with E-state index < -0.39 is 0 Å². The van der Waals surface area contributed by atoms with E-state index in [1.165, 1.54) is 0 Å². The molecule has 0 aliphatic heterocycles. The fraction of sp³-hybridized carbons (Fsp3) is 0.250. The Kier molecular flexibility index (Phi) is 6.33. The highest BCUT2D eigenvalue weighted by Gasteiger charge is 2.03. The van der Waals surface area contributed by atoms with Crippen molar-refractivity contribution >= 4 is 5.78 Å². The van der Waals surface area contributed by atoms with E-state index in [-0.39, 0.29) is 5.78 Å². The van der Waals surface area contributed by atoms with Crippen LogP contribution in [0.25, 0.3) is 0 Å². The molecule has 1 aromatic carbocycles. The summed E-state index contributed by atoms with van der Waals surface area (Å²) >= 11 is 0. The topological polar surface area (TPSA) is 29.1 Å². The van der Waals surface area contributed by atoms with Gasteiger partial charge < -0.3 is 5.32 Å². The molecule has 0 bridgehead atoms. The van der Waals surface area contributed by atoms with E-state index in [9.17, 15) is 4.79 Å². The number of hydrogen-bond acceptors (Lipinski definition) is 2. The molecule has 0 aromatic heterocycles. The summed E-state index contributed by atoms with van der Waals surface area (Å²) in [5.74, 6) is 0.0191. The van der Waals surface area contributed by atoms with Gasteiger partial charge in [-0.2, -0.15) is 0 Å². The molecule has 1 rings (SSSR count). The number of carbonyl (C=O) groups is 1. The first-order valence-electron chi connectivity index (χ1n) is 4.47. The van der Waals surface area contributed by atoms with Gasteiger partial charge in [0.05, 0.1) is 0 Å². The summed E-state index contributed by atoms with van der Waals surface area (Å²) in [5, 5.41) is 2.75. The van der Waals surface area contributed by atoms with Crippen molar-refractivity contribution in [3.05, 3.63) is 48.0 Å². The molecule has 0 saturated heterocycles. The van der Waals surface area contributed by atoms with Gasteiger partial charge in [0.2, 0.25) is 0 Å². The molecule has 0 spiro atoms. The molecule has 1 aromatic rings. The first-order valence-corrected chi connectivity index (χ1v) is 4.47. The molecule has 0 amide bonds. The van der Waals surface area contributed by atoms with Crippen molar-refractivity contribution < 1.29 is 4.79 Å². The third kappa shape index (κ3) is 4.58. The average molecular weight is 191 g/mol. The Morgan fingerprint density at radius 3 is 2.00 bits per heavy atom. The molecule has 0 aliphatic rings. The predicted molar refractivity (Wildman–Crippen MR) is 60.6 cm³/mol. The average Bonchev–Trinajstić information content (AvgIpc) is 2.19. The molecule has 14 heavy (non-hydrogen) atoms. The van der Waals surface area contributed by atoms with Crippen molar-refractivity contribution in [2.75, 3.05) is 14.1 Å². The molecule has 76 valence electrons. The lowest BCUT2D eigenvalue weighted by molar-refractivity contribution is 0.103. The second-order valence-electron chi connectivity index (χ2n) is 2.98. The van der Waals surface area contributed by atoms with Gasteiger partial charge in [-0.3, -0.25) is 4.79 Å². The number of Topliss-reactive ketones (excluding diaryl/α,β-unsaturated/α-hetero) is 1. The van der Waals surface area contributed by atoms with Crippen LogP contribution >= 0.6 is 0 Å². The van der Waals surface area contributed by atoms with Crippen molar-refractivity contribution in [2.45, 2.75) is 6.92 Å². The first kappa shape index (κ1) is 12.6. The van der Waals surface area contributed by atoms with Crippen LogP contribution in [0, 0.1) is 0 Å². The number of allylic oxidation sites excluding steroid dienone is 1. The number of rotatable bonds is 2. The molecule has 1 N–H and O–H groups in total. The monoisotopic (exact) mass is 191 g/mol. The summed E-state index contributed by atoms with van der Waals surface area (Å²) in [4.78, 5) is 11.2. The fourth-order valence-electron chi connectivity index (χ4n) is 0.836. The highest BCUT2D eigenvalue weighted by atomic mass is 16.1. The third-order valence-electron chi connectivity index (χ3n) is 1.42. The number of ketones is 1. The van der Waals surface area contributed by atoms with Crippen LogP contribution in [0.15, 0.2) is 42.5 Å². The van der Waals surface area contributed by atoms with E-state index >= 15 is 0 Å². The highest BCUT2D eigenvalue weighted by Crippen LogP contribution is 2.04. The molecular formula is C12H17NO. The van der Waals surface area contributed by atoms with Crippen LogP contribution in [0.4, 0.5) is 0 Å². The molecule has 2 nitrogen and oxygen atoms in total. The van der Waals surface area contributed by atoms with Crippen molar-refractivity contribution in [3.8, 4) is 0 Å². The van der Waals surface area contributed by atoms with Gasteiger partial charge in [0.25, 0.3) is 0 Å². The van der Waals surface area contributed by atoms with E-state index in [4.69, 9.17) is 0 Å². The summed E-state index contributed by atoms with van der Waals surface area (Å²) in [6, 6.07) is 9.15. The molecule has 0 fully saturated rings. The van der Waals surface area contributed by atoms with Crippen molar-refractivity contribution in [1.82, 2.24) is 5.32 Å². The zero-order valence-electron chi connectivity index (χ0n) is 9.00. The van der Waals surface area contributed by atoms with Gasteiger partial charge in [0.15, 0.2) is 5.78 Å². The Labute approximate surface area is 85.6 Å². The zero-order valence-corrected chi connectivity index (χ0v) is 9.00. The minimum absolute atomic E-state index is 0.0191. The van der Waals surface area contributed by atoms with Crippen LogP contribution in [0.3, 0.4) is 0 Å². The summed E-state index contributed by atoms with van der Waals surface area (Å²) < 4.78 is 0. The van der Waals surface area contributed by atoms with E-state index in [1.54, 1.807) is 19.1 Å². The molecule has 0 atom stereocenters. The minimum atomic E-state index is 0.0191. The van der Waals surface area contributed by atoms with Crippen LogP contribution in [-0.2, 0) is 0 Å². The highest BCUT2D eigenvalue weighted by molar-refractivity contribution is 6.07.